The van der Waals surface area contributed by atoms with Crippen LogP contribution in [-0.4, -0.2) is 27.6 Å². The second-order valence-corrected chi connectivity index (χ2v) is 5.22. The van der Waals surface area contributed by atoms with Crippen molar-refractivity contribution in [3.8, 4) is 0 Å². The van der Waals surface area contributed by atoms with Gasteiger partial charge >= 0.3 is 0 Å². The van der Waals surface area contributed by atoms with E-state index in [1.807, 2.05) is 18.7 Å². The van der Waals surface area contributed by atoms with E-state index >= 15 is 0 Å². The minimum absolute atomic E-state index is 0.327. The topological polar surface area (TPSA) is 42.7 Å². The van der Waals surface area contributed by atoms with Crippen LogP contribution in [0.3, 0.4) is 0 Å². The zero-order chi connectivity index (χ0) is 13.0. The predicted octanol–water partition coefficient (Wildman–Crippen LogP) is 2.18. The van der Waals surface area contributed by atoms with E-state index in [-0.39, 0.29) is 0 Å². The van der Waals surface area contributed by atoms with Crippen molar-refractivity contribution in [2.24, 2.45) is 7.05 Å². The van der Waals surface area contributed by atoms with Crippen LogP contribution in [0.1, 0.15) is 17.2 Å². The molecule has 0 bridgehead atoms. The Labute approximate surface area is 112 Å². The summed E-state index contributed by atoms with van der Waals surface area (Å²) in [6.45, 7) is 2.15. The highest BCUT2D eigenvalue weighted by Gasteiger charge is 2.13. The van der Waals surface area contributed by atoms with E-state index in [1.165, 1.54) is 11.1 Å². The third-order valence-corrected chi connectivity index (χ3v) is 4.09. The van der Waals surface area contributed by atoms with Crippen molar-refractivity contribution in [3.63, 3.8) is 0 Å². The normalized spacial score (nSPS) is 12.6. The second-order valence-electron chi connectivity index (χ2n) is 4.23. The zero-order valence-corrected chi connectivity index (χ0v) is 11.7. The van der Waals surface area contributed by atoms with Crippen molar-refractivity contribution in [1.82, 2.24) is 20.1 Å². The summed E-state index contributed by atoms with van der Waals surface area (Å²) in [5, 5.41) is 12.3. The number of nitrogens with zero attached hydrogens (tertiary/aromatic N) is 3. The highest BCUT2D eigenvalue weighted by Crippen LogP contribution is 2.24. The van der Waals surface area contributed by atoms with Crippen molar-refractivity contribution < 1.29 is 0 Å². The summed E-state index contributed by atoms with van der Waals surface area (Å²) in [4.78, 5) is 0. The molecule has 1 heterocycles. The smallest absolute Gasteiger partial charge is 0.190 e. The van der Waals surface area contributed by atoms with Crippen LogP contribution < -0.4 is 5.32 Å². The lowest BCUT2D eigenvalue weighted by molar-refractivity contribution is 0.655. The number of aryl methyl sites for hydroxylation is 2. The molecule has 4 nitrogen and oxygen atoms in total. The van der Waals surface area contributed by atoms with Gasteiger partial charge in [-0.3, -0.25) is 0 Å². The van der Waals surface area contributed by atoms with Crippen molar-refractivity contribution in [3.05, 3.63) is 41.7 Å². The summed E-state index contributed by atoms with van der Waals surface area (Å²) < 4.78 is 1.94. The molecule has 0 aliphatic carbocycles. The van der Waals surface area contributed by atoms with E-state index in [9.17, 15) is 0 Å². The monoisotopic (exact) mass is 262 g/mol. The quantitative estimate of drug-likeness (QED) is 0.839. The fourth-order valence-electron chi connectivity index (χ4n) is 1.87. The molecule has 1 unspecified atom stereocenters. The van der Waals surface area contributed by atoms with E-state index in [1.54, 1.807) is 18.1 Å². The average Bonchev–Trinajstić information content (AvgIpc) is 2.78. The van der Waals surface area contributed by atoms with Crippen LogP contribution in [0.5, 0.6) is 0 Å². The van der Waals surface area contributed by atoms with Gasteiger partial charge in [-0.05, 0) is 25.1 Å². The van der Waals surface area contributed by atoms with E-state index in [0.717, 1.165) is 10.9 Å². The van der Waals surface area contributed by atoms with Gasteiger partial charge in [-0.2, -0.15) is 0 Å². The molecule has 2 rings (SSSR count). The van der Waals surface area contributed by atoms with E-state index < -0.39 is 0 Å². The summed E-state index contributed by atoms with van der Waals surface area (Å²) >= 11 is 1.72. The van der Waals surface area contributed by atoms with Gasteiger partial charge in [-0.15, -0.1) is 10.2 Å². The molecule has 5 heteroatoms. The van der Waals surface area contributed by atoms with Gasteiger partial charge < -0.3 is 9.88 Å². The van der Waals surface area contributed by atoms with Crippen LogP contribution in [0.15, 0.2) is 35.7 Å². The van der Waals surface area contributed by atoms with Crippen molar-refractivity contribution in [2.45, 2.75) is 18.1 Å². The summed E-state index contributed by atoms with van der Waals surface area (Å²) in [6.07, 6.45) is 1.73. The highest BCUT2D eigenvalue weighted by atomic mass is 32.2. The molecule has 0 aliphatic heterocycles. The molecular formula is C13H18N4S. The van der Waals surface area contributed by atoms with Crippen molar-refractivity contribution in [1.29, 1.82) is 0 Å². The van der Waals surface area contributed by atoms with Crippen LogP contribution >= 0.6 is 11.8 Å². The molecule has 1 N–H and O–H groups in total. The third-order valence-electron chi connectivity index (χ3n) is 2.96. The fraction of sp³-hybridized carbons (Fsp3) is 0.385. The van der Waals surface area contributed by atoms with Gasteiger partial charge in [0.25, 0.3) is 0 Å². The Bertz CT molecular complexity index is 509. The Kier molecular flexibility index (Phi) is 4.38. The van der Waals surface area contributed by atoms with Crippen LogP contribution in [0, 0.1) is 6.92 Å². The molecule has 96 valence electrons. The maximum atomic E-state index is 4.09. The number of hydrogen-bond acceptors (Lipinski definition) is 4. The molecule has 1 aromatic carbocycles. The minimum atomic E-state index is 0.327. The third kappa shape index (κ3) is 2.91. The van der Waals surface area contributed by atoms with E-state index in [2.05, 4.69) is 46.7 Å². The van der Waals surface area contributed by atoms with Crippen LogP contribution in [0.25, 0.3) is 0 Å². The summed E-state index contributed by atoms with van der Waals surface area (Å²) in [5.74, 6) is 0.938. The SMILES string of the molecule is CNC(CSc1nncn1C)c1ccccc1C. The van der Waals surface area contributed by atoms with E-state index in [4.69, 9.17) is 0 Å². The number of aromatic nitrogens is 3. The lowest BCUT2D eigenvalue weighted by Crippen LogP contribution is -2.19. The molecule has 0 amide bonds. The first-order chi connectivity index (χ1) is 8.72. The summed E-state index contributed by atoms with van der Waals surface area (Å²) in [5.41, 5.74) is 2.66. The summed E-state index contributed by atoms with van der Waals surface area (Å²) in [7, 11) is 3.96. The number of benzene rings is 1. The van der Waals surface area contributed by atoms with Crippen LogP contribution in [0.4, 0.5) is 0 Å². The summed E-state index contributed by atoms with van der Waals surface area (Å²) in [6, 6.07) is 8.80. The van der Waals surface area contributed by atoms with Gasteiger partial charge in [0.05, 0.1) is 0 Å². The molecule has 0 fully saturated rings. The molecule has 0 spiro atoms. The van der Waals surface area contributed by atoms with Gasteiger partial charge in [0, 0.05) is 18.8 Å². The van der Waals surface area contributed by atoms with Crippen molar-refractivity contribution in [2.75, 3.05) is 12.8 Å². The largest absolute Gasteiger partial charge is 0.312 e. The Morgan fingerprint density at radius 2 is 2.17 bits per heavy atom. The van der Waals surface area contributed by atoms with Crippen LogP contribution in [-0.2, 0) is 7.05 Å². The molecule has 1 atom stereocenters. The lowest BCUT2D eigenvalue weighted by atomic mass is 10.0. The number of hydrogen-bond donors (Lipinski definition) is 1. The molecule has 18 heavy (non-hydrogen) atoms. The lowest BCUT2D eigenvalue weighted by Gasteiger charge is -2.18. The standard InChI is InChI=1S/C13H18N4S/c1-10-6-4-5-7-11(10)12(14-2)8-18-13-16-15-9-17(13)3/h4-7,9,12,14H,8H2,1-3H3. The van der Waals surface area contributed by atoms with Gasteiger partial charge in [-0.1, -0.05) is 36.0 Å². The number of rotatable bonds is 5. The molecular weight excluding hydrogens is 244 g/mol. The second kappa shape index (κ2) is 6.02. The number of thioether (sulfide) groups is 1. The van der Waals surface area contributed by atoms with E-state index in [0.29, 0.717) is 6.04 Å². The highest BCUT2D eigenvalue weighted by molar-refractivity contribution is 7.99. The van der Waals surface area contributed by atoms with Crippen molar-refractivity contribution >= 4 is 11.8 Å². The Morgan fingerprint density at radius 3 is 2.78 bits per heavy atom. The average molecular weight is 262 g/mol. The van der Waals surface area contributed by atoms with Crippen LogP contribution in [0.2, 0.25) is 0 Å². The molecule has 0 aliphatic rings. The molecule has 0 saturated carbocycles. The Morgan fingerprint density at radius 1 is 1.39 bits per heavy atom. The Balaban J connectivity index is 2.07. The minimum Gasteiger partial charge on any atom is -0.312 e. The molecule has 0 radical (unpaired) electrons. The Hall–Kier alpha value is -1.33. The first-order valence-electron chi connectivity index (χ1n) is 5.92. The zero-order valence-electron chi connectivity index (χ0n) is 10.9. The maximum absolute atomic E-state index is 4.09. The maximum Gasteiger partial charge on any atom is 0.190 e. The molecule has 0 saturated heterocycles. The fourth-order valence-corrected chi connectivity index (χ4v) is 2.89. The first-order valence-corrected chi connectivity index (χ1v) is 6.90. The predicted molar refractivity (Wildman–Crippen MR) is 74.7 cm³/mol. The molecule has 1 aromatic heterocycles. The first kappa shape index (κ1) is 13.1. The number of nitrogens with one attached hydrogen (secondary N) is 1. The van der Waals surface area contributed by atoms with Gasteiger partial charge in [0.15, 0.2) is 5.16 Å². The van der Waals surface area contributed by atoms with Gasteiger partial charge in [0.1, 0.15) is 6.33 Å². The van der Waals surface area contributed by atoms with Gasteiger partial charge in [-0.25, -0.2) is 0 Å². The van der Waals surface area contributed by atoms with Gasteiger partial charge in [0.2, 0.25) is 0 Å². The molecule has 2 aromatic rings.